The molecular weight excluding hydrogens is 352 g/mol. The monoisotopic (exact) mass is 392 g/mol. The van der Waals surface area contributed by atoms with Crippen molar-refractivity contribution >= 4 is 25.7 Å². The molecule has 0 aromatic carbocycles. The van der Waals surface area contributed by atoms with Crippen LogP contribution in [-0.4, -0.2) is 39.5 Å². The minimum absolute atomic E-state index is 0.321. The molecule has 0 atom stereocenters. The molecule has 0 aliphatic carbocycles. The van der Waals surface area contributed by atoms with Gasteiger partial charge in [0.05, 0.1) is 0 Å². The van der Waals surface area contributed by atoms with Crippen LogP contribution in [0.5, 0.6) is 0 Å². The van der Waals surface area contributed by atoms with Crippen LogP contribution in [0.3, 0.4) is 0 Å². The molecule has 0 aromatic rings. The maximum Gasteiger partial charge on any atom is 0.500 e. The Kier molecular flexibility index (Phi) is 17.6. The van der Waals surface area contributed by atoms with Crippen molar-refractivity contribution in [1.29, 1.82) is 0 Å². The molecule has 0 bridgehead atoms. The molecule has 0 fully saturated rings. The van der Waals surface area contributed by atoms with Crippen LogP contribution in [0.2, 0.25) is 6.04 Å². The van der Waals surface area contributed by atoms with Gasteiger partial charge in [0.2, 0.25) is 0 Å². The zero-order valence-corrected chi connectivity index (χ0v) is 18.8. The number of thioether (sulfide) groups is 1. The van der Waals surface area contributed by atoms with E-state index in [-0.39, 0.29) is 0 Å². The van der Waals surface area contributed by atoms with Crippen molar-refractivity contribution in [2.45, 2.75) is 91.5 Å². The van der Waals surface area contributed by atoms with Gasteiger partial charge in [-0.3, -0.25) is 4.79 Å². The van der Waals surface area contributed by atoms with Crippen molar-refractivity contribution in [2.75, 3.05) is 25.6 Å². The second-order valence-corrected chi connectivity index (χ2v) is 10.2. The van der Waals surface area contributed by atoms with Crippen LogP contribution in [-0.2, 0) is 18.1 Å². The van der Waals surface area contributed by atoms with Crippen molar-refractivity contribution in [3.63, 3.8) is 0 Å². The normalized spacial score (nSPS) is 11.8. The molecule has 0 aliphatic rings. The summed E-state index contributed by atoms with van der Waals surface area (Å²) >= 11 is 1.46. The van der Waals surface area contributed by atoms with Crippen molar-refractivity contribution in [1.82, 2.24) is 0 Å². The van der Waals surface area contributed by atoms with E-state index in [4.69, 9.17) is 13.3 Å². The molecular formula is C19H40O4SSi. The average molecular weight is 393 g/mol. The minimum atomic E-state index is -2.59. The fourth-order valence-corrected chi connectivity index (χ4v) is 6.26. The molecule has 0 saturated heterocycles. The van der Waals surface area contributed by atoms with E-state index in [9.17, 15) is 4.79 Å². The molecule has 4 nitrogen and oxygen atoms in total. The first-order chi connectivity index (χ1) is 12.1. The lowest BCUT2D eigenvalue weighted by Gasteiger charge is -2.29. The van der Waals surface area contributed by atoms with Gasteiger partial charge in [0.1, 0.15) is 0 Å². The van der Waals surface area contributed by atoms with Crippen LogP contribution in [0.15, 0.2) is 0 Å². The third-order valence-corrected chi connectivity index (χ3v) is 7.62. The van der Waals surface area contributed by atoms with Crippen molar-refractivity contribution in [2.24, 2.45) is 0 Å². The van der Waals surface area contributed by atoms with Crippen molar-refractivity contribution in [3.8, 4) is 0 Å². The molecule has 0 spiro atoms. The van der Waals surface area contributed by atoms with Gasteiger partial charge in [0.15, 0.2) is 5.12 Å². The van der Waals surface area contributed by atoms with Crippen molar-refractivity contribution < 1.29 is 18.1 Å². The molecule has 0 amide bonds. The molecule has 6 heteroatoms. The summed E-state index contributed by atoms with van der Waals surface area (Å²) in [5.41, 5.74) is 0. The predicted molar refractivity (Wildman–Crippen MR) is 110 cm³/mol. The van der Waals surface area contributed by atoms with Crippen LogP contribution in [0, 0.1) is 0 Å². The summed E-state index contributed by atoms with van der Waals surface area (Å²) in [6.45, 7) is 10.5. The maximum absolute atomic E-state index is 11.9. The van der Waals surface area contributed by atoms with Gasteiger partial charge in [-0.25, -0.2) is 0 Å². The minimum Gasteiger partial charge on any atom is -0.373 e. The van der Waals surface area contributed by atoms with Crippen LogP contribution < -0.4 is 0 Å². The lowest BCUT2D eigenvalue weighted by molar-refractivity contribution is -0.111. The fraction of sp³-hybridized carbons (Fsp3) is 0.947. The Hall–Kier alpha value is 0.117. The lowest BCUT2D eigenvalue weighted by atomic mass is 10.2. The van der Waals surface area contributed by atoms with E-state index in [1.807, 2.05) is 0 Å². The number of hydrogen-bond acceptors (Lipinski definition) is 5. The zero-order chi connectivity index (χ0) is 18.8. The summed E-state index contributed by atoms with van der Waals surface area (Å²) in [4.78, 5) is 11.9. The zero-order valence-electron chi connectivity index (χ0n) is 16.9. The Morgan fingerprint density at radius 3 is 1.80 bits per heavy atom. The van der Waals surface area contributed by atoms with E-state index in [1.165, 1.54) is 31.0 Å². The number of hydrogen-bond donors (Lipinski definition) is 0. The van der Waals surface area contributed by atoms with Gasteiger partial charge < -0.3 is 13.3 Å². The Morgan fingerprint density at radius 2 is 1.32 bits per heavy atom. The highest BCUT2D eigenvalue weighted by Gasteiger charge is 2.40. The molecule has 0 unspecified atom stereocenters. The summed E-state index contributed by atoms with van der Waals surface area (Å²) in [7, 11) is -2.59. The highest BCUT2D eigenvalue weighted by Crippen LogP contribution is 2.22. The standard InChI is InChI=1S/C19H40O4SSi/c1-5-9-10-11-13-19(20)24-17-12-18-25(21-14-6-2,22-15-7-3)23-16-8-4/h5-18H2,1-4H3. The topological polar surface area (TPSA) is 44.8 Å². The lowest BCUT2D eigenvalue weighted by Crippen LogP contribution is -2.46. The molecule has 25 heavy (non-hydrogen) atoms. The fourth-order valence-electron chi connectivity index (χ4n) is 2.36. The van der Waals surface area contributed by atoms with Gasteiger partial charge in [-0.1, -0.05) is 58.7 Å². The summed E-state index contributed by atoms with van der Waals surface area (Å²) in [5.74, 6) is 0.835. The number of rotatable bonds is 18. The van der Waals surface area contributed by atoms with E-state index >= 15 is 0 Å². The third-order valence-electron chi connectivity index (χ3n) is 3.70. The van der Waals surface area contributed by atoms with Crippen LogP contribution >= 0.6 is 11.8 Å². The largest absolute Gasteiger partial charge is 0.500 e. The Balaban J connectivity index is 4.26. The number of unbranched alkanes of at least 4 members (excludes halogenated alkanes) is 3. The molecule has 0 N–H and O–H groups in total. The average Bonchev–Trinajstić information content (AvgIpc) is 2.63. The second-order valence-electron chi connectivity index (χ2n) is 6.36. The second kappa shape index (κ2) is 17.5. The SMILES string of the molecule is CCCCCCC(=O)SCCC[Si](OCCC)(OCCC)OCCC. The first kappa shape index (κ1) is 25.1. The van der Waals surface area contributed by atoms with Crippen LogP contribution in [0.1, 0.15) is 85.5 Å². The van der Waals surface area contributed by atoms with E-state index in [0.717, 1.165) is 43.9 Å². The molecule has 150 valence electrons. The highest BCUT2D eigenvalue weighted by molar-refractivity contribution is 8.13. The van der Waals surface area contributed by atoms with E-state index in [2.05, 4.69) is 27.7 Å². The number of carbonyl (C=O) groups excluding carboxylic acids is 1. The van der Waals surface area contributed by atoms with Gasteiger partial charge in [0.25, 0.3) is 0 Å². The Morgan fingerprint density at radius 1 is 0.760 bits per heavy atom. The van der Waals surface area contributed by atoms with Gasteiger partial charge in [-0.15, -0.1) is 0 Å². The third kappa shape index (κ3) is 13.9. The van der Waals surface area contributed by atoms with E-state index in [1.54, 1.807) is 0 Å². The van der Waals surface area contributed by atoms with Gasteiger partial charge in [-0.05, 0) is 32.1 Å². The smallest absolute Gasteiger partial charge is 0.373 e. The van der Waals surface area contributed by atoms with Gasteiger partial charge in [0, 0.05) is 38.0 Å². The molecule has 0 aromatic heterocycles. The maximum atomic E-state index is 11.9. The molecule has 0 aliphatic heterocycles. The molecule has 0 rings (SSSR count). The van der Waals surface area contributed by atoms with Crippen LogP contribution in [0.4, 0.5) is 0 Å². The summed E-state index contributed by atoms with van der Waals surface area (Å²) in [5, 5.41) is 0.321. The molecule has 0 saturated carbocycles. The molecule has 0 radical (unpaired) electrons. The number of carbonyl (C=O) groups is 1. The quantitative estimate of drug-likeness (QED) is 0.217. The van der Waals surface area contributed by atoms with E-state index in [0.29, 0.717) is 31.4 Å². The molecule has 0 heterocycles. The van der Waals surface area contributed by atoms with Gasteiger partial charge >= 0.3 is 8.80 Å². The Labute approximate surface area is 161 Å². The van der Waals surface area contributed by atoms with E-state index < -0.39 is 8.80 Å². The van der Waals surface area contributed by atoms with Crippen LogP contribution in [0.25, 0.3) is 0 Å². The first-order valence-electron chi connectivity index (χ1n) is 10.2. The predicted octanol–water partition coefficient (Wildman–Crippen LogP) is 5.83. The van der Waals surface area contributed by atoms with Gasteiger partial charge in [-0.2, -0.15) is 0 Å². The van der Waals surface area contributed by atoms with Crippen molar-refractivity contribution in [3.05, 3.63) is 0 Å². The summed E-state index contributed by atoms with van der Waals surface area (Å²) < 4.78 is 18.2. The highest BCUT2D eigenvalue weighted by atomic mass is 32.2. The summed E-state index contributed by atoms with van der Waals surface area (Å²) in [6, 6.07) is 0.809. The summed E-state index contributed by atoms with van der Waals surface area (Å²) in [6.07, 6.45) is 9.13. The Bertz CT molecular complexity index is 294. The first-order valence-corrected chi connectivity index (χ1v) is 13.1.